The van der Waals surface area contributed by atoms with Gasteiger partial charge in [0.05, 0.1) is 22.7 Å². The van der Waals surface area contributed by atoms with Gasteiger partial charge in [-0.2, -0.15) is 0 Å². The molecule has 0 saturated carbocycles. The number of likely N-dealkylation sites (N-methyl/N-ethyl adjacent to an activating group) is 4. The number of fused-ring (bicyclic) bond motifs is 2. The zero-order valence-electron chi connectivity index (χ0n) is 52.9. The van der Waals surface area contributed by atoms with Crippen molar-refractivity contribution in [3.05, 3.63) is 65.7 Å². The molecule has 3 aliphatic rings. The van der Waals surface area contributed by atoms with Gasteiger partial charge in [-0.3, -0.25) is 38.4 Å². The van der Waals surface area contributed by atoms with Crippen molar-refractivity contribution in [2.75, 3.05) is 41.3 Å². The van der Waals surface area contributed by atoms with E-state index in [0.29, 0.717) is 29.4 Å². The summed E-state index contributed by atoms with van der Waals surface area (Å²) < 4.78 is 18.8. The highest BCUT2D eigenvalue weighted by atomic mass is 16.7. The lowest BCUT2D eigenvalue weighted by molar-refractivity contribution is -0.177. The Morgan fingerprint density at radius 1 is 0.643 bits per heavy atom. The quantitative estimate of drug-likeness (QED) is 0.176. The maximum absolute atomic E-state index is 15.3. The molecule has 5 rings (SSSR count). The Balaban J connectivity index is 1.63. The molecule has 2 aromatic rings. The van der Waals surface area contributed by atoms with Gasteiger partial charge in [0.15, 0.2) is 12.1 Å². The maximum Gasteiger partial charge on any atom is 0.494 e. The molecule has 8 unspecified atom stereocenters. The zero-order valence-corrected chi connectivity index (χ0v) is 52.9. The molecule has 464 valence electrons. The van der Waals surface area contributed by atoms with Crippen LogP contribution in [0.1, 0.15) is 134 Å². The minimum Gasteiger partial charge on any atom is -0.450 e. The van der Waals surface area contributed by atoms with Crippen molar-refractivity contribution in [2.45, 2.75) is 201 Å². The van der Waals surface area contributed by atoms with Crippen LogP contribution in [0.3, 0.4) is 0 Å². The van der Waals surface area contributed by atoms with Crippen LogP contribution in [0.2, 0.25) is 0 Å². The van der Waals surface area contributed by atoms with Gasteiger partial charge in [-0.05, 0) is 103 Å². The Morgan fingerprint density at radius 2 is 1.18 bits per heavy atom. The molecule has 8 amide bonds. The Hall–Kier alpha value is -6.39. The number of nitrogens with one attached hydrogen (secondary N) is 3. The first-order valence-corrected chi connectivity index (χ1v) is 29.7. The molecule has 0 spiro atoms. The first-order valence-electron chi connectivity index (χ1n) is 29.7. The smallest absolute Gasteiger partial charge is 0.450 e. The number of hydrogen-bond acceptors (Lipinski definition) is 13. The summed E-state index contributed by atoms with van der Waals surface area (Å²) in [5.74, 6) is -8.28. The van der Waals surface area contributed by atoms with E-state index in [9.17, 15) is 38.7 Å². The van der Waals surface area contributed by atoms with Crippen molar-refractivity contribution in [1.29, 1.82) is 0 Å². The third-order valence-corrected chi connectivity index (χ3v) is 17.8. The van der Waals surface area contributed by atoms with Gasteiger partial charge in [-0.25, -0.2) is 4.79 Å². The number of nitrogens with zero attached hydrogens (tertiary/aromatic N) is 5. The molecule has 11 atom stereocenters. The molecule has 0 radical (unpaired) electrons. The summed E-state index contributed by atoms with van der Waals surface area (Å²) in [7, 11) is 4.84. The number of aliphatic hydroxyl groups is 1. The number of esters is 1. The number of hydrogen-bond donors (Lipinski definition) is 4. The lowest BCUT2D eigenvalue weighted by atomic mass is 9.78. The Kier molecular flexibility index (Phi) is 23.0. The van der Waals surface area contributed by atoms with E-state index < -0.39 is 143 Å². The van der Waals surface area contributed by atoms with Crippen LogP contribution in [0.15, 0.2) is 54.6 Å². The Morgan fingerprint density at radius 3 is 1.73 bits per heavy atom. The fourth-order valence-electron chi connectivity index (χ4n) is 10.8. The van der Waals surface area contributed by atoms with E-state index in [1.165, 1.54) is 70.6 Å². The van der Waals surface area contributed by atoms with Crippen molar-refractivity contribution in [2.24, 2.45) is 23.7 Å². The molecular formula is C62H95BN8O13. The van der Waals surface area contributed by atoms with E-state index in [1.54, 1.807) is 45.0 Å². The van der Waals surface area contributed by atoms with E-state index in [2.05, 4.69) is 16.0 Å². The van der Waals surface area contributed by atoms with Crippen molar-refractivity contribution in [3.8, 4) is 0 Å². The normalized spacial score (nSPS) is 27.8. The number of carbonyl (C=O) groups excluding carboxylic acids is 9. The van der Waals surface area contributed by atoms with Crippen LogP contribution < -0.4 is 21.4 Å². The van der Waals surface area contributed by atoms with Crippen molar-refractivity contribution in [3.63, 3.8) is 0 Å². The lowest BCUT2D eigenvalue weighted by Crippen LogP contribution is -2.62. The molecule has 2 aromatic carbocycles. The molecule has 4 N–H and O–H groups in total. The molecule has 3 fully saturated rings. The predicted molar refractivity (Wildman–Crippen MR) is 319 cm³/mol. The second kappa shape index (κ2) is 28.2. The topological polar surface area (TPSA) is 254 Å². The number of amides is 8. The van der Waals surface area contributed by atoms with E-state index in [4.69, 9.17) is 14.0 Å². The van der Waals surface area contributed by atoms with E-state index in [0.717, 1.165) is 9.80 Å². The van der Waals surface area contributed by atoms with Crippen molar-refractivity contribution >= 4 is 65.8 Å². The molecule has 2 bridgehead atoms. The SMILES string of the molecule is CCC(C)C1NC(=O)C2CCN(C2)C(=O)C(Cc2cccc(B3OC(C)(C)C(C)(C)O3)c2)N(C)C(=O)C(Cc2ccccc2)NC(=O)[C@H](C)N(C)C(=O)C([C@H](C)CC)OC(=O)C(C(C)(C)O)N(C)C(=O)C(CC(C)C)NC(=O)[C@H](C)N(C)C1=O. The number of carbonyl (C=O) groups is 9. The molecule has 0 aromatic heterocycles. The monoisotopic (exact) mass is 1170 g/mol. The Bertz CT molecular complexity index is 2690. The standard InChI is InChI=1S/C62H95BN8O13/c1-19-37(5)48-57(78)67(15)39(7)51(72)64-45(31-36(3)4)55(76)70(18)50(60(9,10)81)59(80)82-49(38(6)20-2)58(79)68(16)40(8)52(73)65-46(33-41-25-22-21-23-26-41)54(75)69(17)47(56(77)71-30-29-43(35-71)53(74)66-48)34-42-27-24-28-44(32-42)63-83-61(11,12)62(13,14)84-63/h21-28,32,36-40,43,45-50,81H,19-20,29-31,33-35H2,1-18H3,(H,64,72)(H,65,73)(H,66,74)/t37?,38-,39+,40+,43?,45?,46?,47?,48?,49?,50?/m1/s1. The summed E-state index contributed by atoms with van der Waals surface area (Å²) in [6.45, 7) is 24.2. The predicted octanol–water partition coefficient (Wildman–Crippen LogP) is 3.26. The van der Waals surface area contributed by atoms with Crippen LogP contribution in [0.5, 0.6) is 0 Å². The summed E-state index contributed by atoms with van der Waals surface area (Å²) in [5.41, 5.74) is -1.22. The average Bonchev–Trinajstić information content (AvgIpc) is 3.01. The van der Waals surface area contributed by atoms with Crippen LogP contribution in [-0.4, -0.2) is 196 Å². The molecule has 21 nitrogen and oxygen atoms in total. The van der Waals surface area contributed by atoms with Crippen LogP contribution in [0.4, 0.5) is 0 Å². The first kappa shape index (κ1) is 68.4. The third-order valence-electron chi connectivity index (χ3n) is 17.8. The molecular weight excluding hydrogens is 1080 g/mol. The largest absolute Gasteiger partial charge is 0.494 e. The number of ether oxygens (including phenoxy) is 1. The molecule has 22 heteroatoms. The number of rotatable bonds is 12. The van der Waals surface area contributed by atoms with Crippen molar-refractivity contribution in [1.82, 2.24) is 40.4 Å². The second-order valence-electron chi connectivity index (χ2n) is 25.6. The van der Waals surface area contributed by atoms with Gasteiger partial charge in [-0.15, -0.1) is 0 Å². The number of cyclic esters (lactones) is 1. The average molecular weight is 1170 g/mol. The zero-order chi connectivity index (χ0) is 63.1. The minimum absolute atomic E-state index is 0.00364. The van der Waals surface area contributed by atoms with Gasteiger partial charge in [0.25, 0.3) is 5.91 Å². The molecule has 0 aliphatic carbocycles. The summed E-state index contributed by atoms with van der Waals surface area (Å²) in [6.07, 6.45) is -0.446. The highest BCUT2D eigenvalue weighted by molar-refractivity contribution is 6.62. The molecule has 3 heterocycles. The summed E-state index contributed by atoms with van der Waals surface area (Å²) in [4.78, 5) is 139. The van der Waals surface area contributed by atoms with Gasteiger partial charge < -0.3 is 59.6 Å². The third kappa shape index (κ3) is 16.1. The van der Waals surface area contributed by atoms with Gasteiger partial charge in [0, 0.05) is 60.0 Å². The first-order chi connectivity index (χ1) is 39.1. The van der Waals surface area contributed by atoms with E-state index >= 15 is 9.59 Å². The fraction of sp³-hybridized carbons (Fsp3) is 0.661. The lowest BCUT2D eigenvalue weighted by Gasteiger charge is -2.39. The van der Waals surface area contributed by atoms with Crippen LogP contribution in [0.25, 0.3) is 0 Å². The van der Waals surface area contributed by atoms with E-state index in [-0.39, 0.29) is 44.7 Å². The van der Waals surface area contributed by atoms with Gasteiger partial charge in [0.2, 0.25) is 41.4 Å². The highest BCUT2D eigenvalue weighted by Crippen LogP contribution is 2.37. The second-order valence-corrected chi connectivity index (χ2v) is 25.6. The van der Waals surface area contributed by atoms with Gasteiger partial charge in [-0.1, -0.05) is 103 Å². The summed E-state index contributed by atoms with van der Waals surface area (Å²) in [5, 5.41) is 20.2. The Labute approximate surface area is 498 Å². The molecule has 3 saturated heterocycles. The van der Waals surface area contributed by atoms with Crippen LogP contribution in [0, 0.1) is 23.7 Å². The highest BCUT2D eigenvalue weighted by Gasteiger charge is 2.52. The molecule has 3 aliphatic heterocycles. The van der Waals surface area contributed by atoms with E-state index in [1.807, 2.05) is 78.8 Å². The molecule has 84 heavy (non-hydrogen) atoms. The maximum atomic E-state index is 15.3. The summed E-state index contributed by atoms with van der Waals surface area (Å²) in [6, 6.07) is 7.34. The van der Waals surface area contributed by atoms with Crippen molar-refractivity contribution < 1.29 is 62.3 Å². The fourth-order valence-corrected chi connectivity index (χ4v) is 10.8. The van der Waals surface area contributed by atoms with Gasteiger partial charge >= 0.3 is 13.1 Å². The number of benzene rings is 2. The van der Waals surface area contributed by atoms with Crippen LogP contribution >= 0.6 is 0 Å². The summed E-state index contributed by atoms with van der Waals surface area (Å²) >= 11 is 0. The minimum atomic E-state index is -1.97. The van der Waals surface area contributed by atoms with Crippen LogP contribution in [-0.2, 0) is 70.0 Å². The van der Waals surface area contributed by atoms with Gasteiger partial charge in [0.1, 0.15) is 36.3 Å².